The summed E-state index contributed by atoms with van der Waals surface area (Å²) in [5.74, 6) is 0. The van der Waals surface area contributed by atoms with Crippen LogP contribution in [0.3, 0.4) is 0 Å². The quantitative estimate of drug-likeness (QED) is 0.460. The number of hydrogen-bond acceptors (Lipinski definition) is 1. The van der Waals surface area contributed by atoms with Gasteiger partial charge in [0.05, 0.1) is 11.6 Å². The lowest BCUT2D eigenvalue weighted by Gasteiger charge is -2.00. The van der Waals surface area contributed by atoms with Gasteiger partial charge in [0.15, 0.2) is 0 Å². The summed E-state index contributed by atoms with van der Waals surface area (Å²) in [4.78, 5) is 0. The molecule has 0 aliphatic rings. The van der Waals surface area contributed by atoms with E-state index in [2.05, 4.69) is 34.1 Å². The van der Waals surface area contributed by atoms with Crippen molar-refractivity contribution in [1.82, 2.24) is 0 Å². The molecule has 0 amide bonds. The zero-order valence-electron chi connectivity index (χ0n) is 9.81. The van der Waals surface area contributed by atoms with Crippen LogP contribution in [0.4, 0.5) is 0 Å². The van der Waals surface area contributed by atoms with Gasteiger partial charge in [-0.25, -0.2) is 0 Å². The maximum atomic E-state index is 9.22. The second-order valence-electron chi connectivity index (χ2n) is 3.91. The highest BCUT2D eigenvalue weighted by Crippen LogP contribution is 2.18. The standard InChI is InChI=1S/C16H12BrN/c17-11-14-8-6-13(7-9-14)10-16(12-18)15-4-2-1-3-5-15/h1-10H,11H2. The molecule has 2 aromatic rings. The molecule has 0 radical (unpaired) electrons. The van der Waals surface area contributed by atoms with Crippen LogP contribution in [0.5, 0.6) is 0 Å². The van der Waals surface area contributed by atoms with Crippen LogP contribution in [-0.2, 0) is 5.33 Å². The maximum Gasteiger partial charge on any atom is 0.0998 e. The van der Waals surface area contributed by atoms with Crippen molar-refractivity contribution in [3.05, 3.63) is 71.3 Å². The number of halogens is 1. The summed E-state index contributed by atoms with van der Waals surface area (Å²) in [6.07, 6.45) is 1.91. The van der Waals surface area contributed by atoms with Crippen LogP contribution in [0.15, 0.2) is 54.6 Å². The van der Waals surface area contributed by atoms with E-state index in [1.165, 1.54) is 5.56 Å². The van der Waals surface area contributed by atoms with Crippen molar-refractivity contribution in [1.29, 1.82) is 5.26 Å². The molecule has 88 valence electrons. The largest absolute Gasteiger partial charge is 0.192 e. The van der Waals surface area contributed by atoms with Gasteiger partial charge in [0.1, 0.15) is 0 Å². The summed E-state index contributed by atoms with van der Waals surface area (Å²) in [5, 5.41) is 10.1. The molecule has 2 aromatic carbocycles. The van der Waals surface area contributed by atoms with E-state index in [0.29, 0.717) is 5.57 Å². The van der Waals surface area contributed by atoms with Crippen LogP contribution in [0.1, 0.15) is 16.7 Å². The van der Waals surface area contributed by atoms with Crippen LogP contribution >= 0.6 is 15.9 Å². The highest BCUT2D eigenvalue weighted by molar-refractivity contribution is 9.08. The Morgan fingerprint density at radius 1 is 1.06 bits per heavy atom. The van der Waals surface area contributed by atoms with Crippen molar-refractivity contribution >= 4 is 27.6 Å². The normalized spacial score (nSPS) is 11.0. The predicted octanol–water partition coefficient (Wildman–Crippen LogP) is 4.65. The molecule has 0 heterocycles. The third-order valence-electron chi connectivity index (χ3n) is 2.65. The summed E-state index contributed by atoms with van der Waals surface area (Å²) in [7, 11) is 0. The van der Waals surface area contributed by atoms with E-state index in [9.17, 15) is 5.26 Å². The minimum atomic E-state index is 0.683. The smallest absolute Gasteiger partial charge is 0.0998 e. The fourth-order valence-electron chi connectivity index (χ4n) is 1.67. The fourth-order valence-corrected chi connectivity index (χ4v) is 2.04. The molecule has 0 N–H and O–H groups in total. The Morgan fingerprint density at radius 2 is 1.72 bits per heavy atom. The second kappa shape index (κ2) is 6.18. The van der Waals surface area contributed by atoms with Crippen LogP contribution in [-0.4, -0.2) is 0 Å². The van der Waals surface area contributed by atoms with Gasteiger partial charge in [0.2, 0.25) is 0 Å². The van der Waals surface area contributed by atoms with Crippen molar-refractivity contribution in [3.63, 3.8) is 0 Å². The highest BCUT2D eigenvalue weighted by Gasteiger charge is 1.99. The number of nitriles is 1. The van der Waals surface area contributed by atoms with Gasteiger partial charge in [0, 0.05) is 5.33 Å². The summed E-state index contributed by atoms with van der Waals surface area (Å²) in [6.45, 7) is 0. The van der Waals surface area contributed by atoms with Gasteiger partial charge in [0.25, 0.3) is 0 Å². The lowest BCUT2D eigenvalue weighted by molar-refractivity contribution is 1.43. The van der Waals surface area contributed by atoms with Gasteiger partial charge in [-0.1, -0.05) is 70.5 Å². The van der Waals surface area contributed by atoms with Crippen LogP contribution in [0.25, 0.3) is 11.6 Å². The summed E-state index contributed by atoms with van der Waals surface area (Å²) in [6, 6.07) is 20.1. The number of rotatable bonds is 3. The Labute approximate surface area is 116 Å². The molecular weight excluding hydrogens is 286 g/mol. The number of alkyl halides is 1. The predicted molar refractivity (Wildman–Crippen MR) is 79.0 cm³/mol. The molecule has 0 saturated heterocycles. The van der Waals surface area contributed by atoms with E-state index in [1.54, 1.807) is 0 Å². The molecule has 2 rings (SSSR count). The first-order chi connectivity index (χ1) is 8.83. The fraction of sp³-hybridized carbons (Fsp3) is 0.0625. The molecule has 0 aliphatic carbocycles. The molecule has 0 unspecified atom stereocenters. The van der Waals surface area contributed by atoms with Crippen LogP contribution in [0, 0.1) is 11.3 Å². The van der Waals surface area contributed by atoms with Crippen molar-refractivity contribution in [3.8, 4) is 6.07 Å². The average molecular weight is 298 g/mol. The molecule has 0 atom stereocenters. The topological polar surface area (TPSA) is 23.8 Å². The van der Waals surface area contributed by atoms with Crippen LogP contribution in [0.2, 0.25) is 0 Å². The van der Waals surface area contributed by atoms with Gasteiger partial charge in [-0.05, 0) is 22.8 Å². The number of allylic oxidation sites excluding steroid dienone is 1. The monoisotopic (exact) mass is 297 g/mol. The van der Waals surface area contributed by atoms with Gasteiger partial charge in [-0.2, -0.15) is 5.26 Å². The Morgan fingerprint density at radius 3 is 2.28 bits per heavy atom. The van der Waals surface area contributed by atoms with E-state index in [0.717, 1.165) is 16.5 Å². The second-order valence-corrected chi connectivity index (χ2v) is 4.47. The molecule has 18 heavy (non-hydrogen) atoms. The lowest BCUT2D eigenvalue weighted by Crippen LogP contribution is -1.82. The first kappa shape index (κ1) is 12.6. The minimum Gasteiger partial charge on any atom is -0.192 e. The zero-order chi connectivity index (χ0) is 12.8. The minimum absolute atomic E-state index is 0.683. The molecule has 0 aliphatic heterocycles. The average Bonchev–Trinajstić information content (AvgIpc) is 2.46. The molecular formula is C16H12BrN. The lowest BCUT2D eigenvalue weighted by atomic mass is 10.0. The maximum absolute atomic E-state index is 9.22. The zero-order valence-corrected chi connectivity index (χ0v) is 11.4. The Hall–Kier alpha value is -1.85. The number of hydrogen-bond donors (Lipinski definition) is 0. The third kappa shape index (κ3) is 3.09. The summed E-state index contributed by atoms with van der Waals surface area (Å²) in [5.41, 5.74) is 3.90. The number of benzene rings is 2. The molecule has 1 nitrogen and oxygen atoms in total. The van der Waals surface area contributed by atoms with Gasteiger partial charge in [-0.3, -0.25) is 0 Å². The third-order valence-corrected chi connectivity index (χ3v) is 3.30. The van der Waals surface area contributed by atoms with Gasteiger partial charge >= 0.3 is 0 Å². The first-order valence-electron chi connectivity index (χ1n) is 5.65. The molecule has 0 aromatic heterocycles. The Balaban J connectivity index is 2.33. The summed E-state index contributed by atoms with van der Waals surface area (Å²) >= 11 is 3.42. The van der Waals surface area contributed by atoms with E-state index in [1.807, 2.05) is 48.5 Å². The van der Waals surface area contributed by atoms with E-state index >= 15 is 0 Å². The van der Waals surface area contributed by atoms with E-state index in [4.69, 9.17) is 0 Å². The SMILES string of the molecule is N#CC(=Cc1ccc(CBr)cc1)c1ccccc1. The van der Waals surface area contributed by atoms with Gasteiger partial charge in [-0.15, -0.1) is 0 Å². The highest BCUT2D eigenvalue weighted by atomic mass is 79.9. The first-order valence-corrected chi connectivity index (χ1v) is 6.78. The van der Waals surface area contributed by atoms with Crippen LogP contribution < -0.4 is 0 Å². The van der Waals surface area contributed by atoms with Crippen molar-refractivity contribution < 1.29 is 0 Å². The molecule has 0 fully saturated rings. The van der Waals surface area contributed by atoms with Crippen molar-refractivity contribution in [2.75, 3.05) is 0 Å². The molecule has 0 spiro atoms. The molecule has 0 saturated carbocycles. The summed E-state index contributed by atoms with van der Waals surface area (Å²) < 4.78 is 0. The Bertz CT molecular complexity index is 577. The molecule has 0 bridgehead atoms. The van der Waals surface area contributed by atoms with Crippen molar-refractivity contribution in [2.24, 2.45) is 0 Å². The number of nitrogens with zero attached hydrogens (tertiary/aromatic N) is 1. The van der Waals surface area contributed by atoms with Gasteiger partial charge < -0.3 is 0 Å². The van der Waals surface area contributed by atoms with Crippen molar-refractivity contribution in [2.45, 2.75) is 5.33 Å². The molecule has 2 heteroatoms. The Kier molecular flexibility index (Phi) is 4.33. The van der Waals surface area contributed by atoms with E-state index < -0.39 is 0 Å². The van der Waals surface area contributed by atoms with E-state index in [-0.39, 0.29) is 0 Å².